The van der Waals surface area contributed by atoms with E-state index in [0.29, 0.717) is 5.56 Å². The Bertz CT molecular complexity index is 728. The average Bonchev–Trinajstić information content (AvgIpc) is 2.85. The van der Waals surface area contributed by atoms with Crippen molar-refractivity contribution in [3.8, 4) is 0 Å². The Morgan fingerprint density at radius 1 is 1.29 bits per heavy atom. The van der Waals surface area contributed by atoms with Crippen molar-refractivity contribution in [1.29, 1.82) is 0 Å². The van der Waals surface area contributed by atoms with Crippen LogP contribution >= 0.6 is 0 Å². The topological polar surface area (TPSA) is 76.0 Å². The molecule has 2 rings (SSSR count). The number of aromatic nitrogens is 2. The first-order valence-electron chi connectivity index (χ1n) is 6.33. The first-order chi connectivity index (χ1) is 9.94. The molecule has 0 aliphatic rings. The van der Waals surface area contributed by atoms with Gasteiger partial charge in [-0.1, -0.05) is 0 Å². The third kappa shape index (κ3) is 3.66. The van der Waals surface area contributed by atoms with Gasteiger partial charge in [0.2, 0.25) is 10.0 Å². The van der Waals surface area contributed by atoms with Crippen LogP contribution in [-0.2, 0) is 30.2 Å². The lowest BCUT2D eigenvalue weighted by atomic mass is 10.2. The van der Waals surface area contributed by atoms with Gasteiger partial charge >= 0.3 is 0 Å². The van der Waals surface area contributed by atoms with Gasteiger partial charge in [0.1, 0.15) is 5.82 Å². The first kappa shape index (κ1) is 15.6. The minimum Gasteiger partial charge on any atom is -0.316 e. The van der Waals surface area contributed by atoms with Crippen LogP contribution in [0.4, 0.5) is 4.39 Å². The number of aryl methyl sites for hydroxylation is 1. The summed E-state index contributed by atoms with van der Waals surface area (Å²) in [6, 6.07) is 5.46. The predicted octanol–water partition coefficient (Wildman–Crippen LogP) is 0.757. The summed E-state index contributed by atoms with van der Waals surface area (Å²) >= 11 is 0. The zero-order valence-corrected chi connectivity index (χ0v) is 12.6. The van der Waals surface area contributed by atoms with Crippen molar-refractivity contribution in [1.82, 2.24) is 19.8 Å². The first-order valence-corrected chi connectivity index (χ1v) is 7.82. The minimum absolute atomic E-state index is 0.0383. The van der Waals surface area contributed by atoms with Crippen LogP contribution in [0.3, 0.4) is 0 Å². The van der Waals surface area contributed by atoms with E-state index in [4.69, 9.17) is 0 Å². The van der Waals surface area contributed by atoms with Crippen molar-refractivity contribution in [2.24, 2.45) is 7.05 Å². The molecular formula is C13H17FN4O2S. The van der Waals surface area contributed by atoms with Gasteiger partial charge in [0.15, 0.2) is 0 Å². The number of nitrogens with zero attached hydrogens (tertiary/aromatic N) is 2. The second-order valence-electron chi connectivity index (χ2n) is 4.55. The number of hydrogen-bond donors (Lipinski definition) is 2. The molecular weight excluding hydrogens is 295 g/mol. The summed E-state index contributed by atoms with van der Waals surface area (Å²) < 4.78 is 42.0. The minimum atomic E-state index is -3.70. The number of halogens is 1. The Morgan fingerprint density at radius 2 is 2.05 bits per heavy atom. The standard InChI is InChI=1S/C13H17FN4O2S/c1-15-8-10-7-12(3-4-13(10)14)21(19,20)17-9-11-5-6-16-18(11)2/h3-7,15,17H,8-9H2,1-2H3. The molecule has 2 aromatic rings. The Morgan fingerprint density at radius 3 is 2.67 bits per heavy atom. The number of sulfonamides is 1. The highest BCUT2D eigenvalue weighted by Gasteiger charge is 2.16. The van der Waals surface area contributed by atoms with Gasteiger partial charge in [0, 0.05) is 25.4 Å². The number of nitrogens with one attached hydrogen (secondary N) is 2. The Labute approximate surface area is 123 Å². The molecule has 114 valence electrons. The lowest BCUT2D eigenvalue weighted by Gasteiger charge is -2.09. The second kappa shape index (κ2) is 6.33. The molecule has 0 saturated heterocycles. The molecule has 1 aromatic carbocycles. The number of benzene rings is 1. The van der Waals surface area contributed by atoms with Gasteiger partial charge in [0.05, 0.1) is 17.1 Å². The summed E-state index contributed by atoms with van der Waals surface area (Å²) in [7, 11) is -0.300. The maximum Gasteiger partial charge on any atom is 0.240 e. The monoisotopic (exact) mass is 312 g/mol. The number of rotatable bonds is 6. The highest BCUT2D eigenvalue weighted by atomic mass is 32.2. The SMILES string of the molecule is CNCc1cc(S(=O)(=O)NCc2ccnn2C)ccc1F. The summed E-state index contributed by atoms with van der Waals surface area (Å²) in [5, 5.41) is 6.76. The van der Waals surface area contributed by atoms with Crippen LogP contribution < -0.4 is 10.0 Å². The zero-order chi connectivity index (χ0) is 15.5. The summed E-state index contributed by atoms with van der Waals surface area (Å²) in [4.78, 5) is 0.0383. The molecule has 0 aliphatic heterocycles. The van der Waals surface area contributed by atoms with Gasteiger partial charge in [-0.05, 0) is 31.3 Å². The van der Waals surface area contributed by atoms with E-state index in [1.807, 2.05) is 0 Å². The van der Waals surface area contributed by atoms with E-state index in [2.05, 4.69) is 15.1 Å². The van der Waals surface area contributed by atoms with E-state index in [1.54, 1.807) is 31.0 Å². The summed E-state index contributed by atoms with van der Waals surface area (Å²) in [5.41, 5.74) is 1.04. The van der Waals surface area contributed by atoms with Crippen molar-refractivity contribution < 1.29 is 12.8 Å². The van der Waals surface area contributed by atoms with E-state index in [-0.39, 0.29) is 18.0 Å². The summed E-state index contributed by atoms with van der Waals surface area (Å²) in [6.07, 6.45) is 1.59. The normalized spacial score (nSPS) is 11.8. The van der Waals surface area contributed by atoms with Crippen molar-refractivity contribution in [2.45, 2.75) is 18.0 Å². The van der Waals surface area contributed by atoms with Crippen LogP contribution in [0, 0.1) is 5.82 Å². The quantitative estimate of drug-likeness (QED) is 0.825. The predicted molar refractivity (Wildman–Crippen MR) is 76.4 cm³/mol. The second-order valence-corrected chi connectivity index (χ2v) is 6.32. The molecule has 0 amide bonds. The van der Waals surface area contributed by atoms with E-state index < -0.39 is 15.8 Å². The van der Waals surface area contributed by atoms with Gasteiger partial charge in [-0.15, -0.1) is 0 Å². The molecule has 6 nitrogen and oxygen atoms in total. The van der Waals surface area contributed by atoms with E-state index in [9.17, 15) is 12.8 Å². The highest BCUT2D eigenvalue weighted by molar-refractivity contribution is 7.89. The molecule has 2 N–H and O–H groups in total. The van der Waals surface area contributed by atoms with Crippen LogP contribution in [0.2, 0.25) is 0 Å². The molecule has 0 atom stereocenters. The maximum absolute atomic E-state index is 13.5. The Kier molecular flexibility index (Phi) is 4.71. The summed E-state index contributed by atoms with van der Waals surface area (Å²) in [5.74, 6) is -0.435. The van der Waals surface area contributed by atoms with Gasteiger partial charge in [-0.25, -0.2) is 17.5 Å². The largest absolute Gasteiger partial charge is 0.316 e. The van der Waals surface area contributed by atoms with Crippen LogP contribution in [0.15, 0.2) is 35.4 Å². The highest BCUT2D eigenvalue weighted by Crippen LogP contribution is 2.15. The van der Waals surface area contributed by atoms with Gasteiger partial charge in [0.25, 0.3) is 0 Å². The van der Waals surface area contributed by atoms with Crippen molar-refractivity contribution in [3.63, 3.8) is 0 Å². The van der Waals surface area contributed by atoms with Crippen molar-refractivity contribution in [2.75, 3.05) is 7.05 Å². The fraction of sp³-hybridized carbons (Fsp3) is 0.308. The molecule has 21 heavy (non-hydrogen) atoms. The lowest BCUT2D eigenvalue weighted by Crippen LogP contribution is -2.24. The van der Waals surface area contributed by atoms with E-state index >= 15 is 0 Å². The van der Waals surface area contributed by atoms with Crippen LogP contribution in [0.1, 0.15) is 11.3 Å². The molecule has 0 spiro atoms. The molecule has 8 heteroatoms. The van der Waals surface area contributed by atoms with Crippen LogP contribution in [0.5, 0.6) is 0 Å². The lowest BCUT2D eigenvalue weighted by molar-refractivity contribution is 0.574. The van der Waals surface area contributed by atoms with E-state index in [0.717, 1.165) is 11.8 Å². The molecule has 1 heterocycles. The summed E-state index contributed by atoms with van der Waals surface area (Å²) in [6.45, 7) is 0.383. The molecule has 0 saturated carbocycles. The van der Waals surface area contributed by atoms with Gasteiger partial charge in [-0.3, -0.25) is 4.68 Å². The molecule has 0 radical (unpaired) electrons. The van der Waals surface area contributed by atoms with Crippen LogP contribution in [-0.4, -0.2) is 25.2 Å². The average molecular weight is 312 g/mol. The van der Waals surface area contributed by atoms with Crippen molar-refractivity contribution >= 4 is 10.0 Å². The van der Waals surface area contributed by atoms with Gasteiger partial charge < -0.3 is 5.32 Å². The molecule has 0 aliphatic carbocycles. The molecule has 0 unspecified atom stereocenters. The van der Waals surface area contributed by atoms with Gasteiger partial charge in [-0.2, -0.15) is 5.10 Å². The fourth-order valence-electron chi connectivity index (χ4n) is 1.87. The number of hydrogen-bond acceptors (Lipinski definition) is 4. The molecule has 0 fully saturated rings. The van der Waals surface area contributed by atoms with Crippen molar-refractivity contribution in [3.05, 3.63) is 47.5 Å². The zero-order valence-electron chi connectivity index (χ0n) is 11.8. The van der Waals surface area contributed by atoms with E-state index in [1.165, 1.54) is 12.1 Å². The fourth-order valence-corrected chi connectivity index (χ4v) is 2.92. The third-order valence-corrected chi connectivity index (χ3v) is 4.46. The van der Waals surface area contributed by atoms with Crippen LogP contribution in [0.25, 0.3) is 0 Å². The smallest absolute Gasteiger partial charge is 0.240 e. The Balaban J connectivity index is 2.19. The molecule has 1 aromatic heterocycles. The third-order valence-electron chi connectivity index (χ3n) is 3.06. The molecule has 0 bridgehead atoms. The maximum atomic E-state index is 13.5. The Hall–Kier alpha value is -1.77.